The van der Waals surface area contributed by atoms with Gasteiger partial charge in [-0.2, -0.15) is 13.2 Å². The number of hydrogen-bond acceptors (Lipinski definition) is 3. The van der Waals surface area contributed by atoms with Gasteiger partial charge in [-0.15, -0.1) is 0 Å². The van der Waals surface area contributed by atoms with Crippen molar-refractivity contribution in [1.82, 2.24) is 4.98 Å². The number of halogens is 3. The van der Waals surface area contributed by atoms with Crippen LogP contribution in [-0.2, 0) is 6.18 Å². The SMILES string of the molecule is O=C(O)c1ccc(C(F)(F)F)nc1NCC1CCCC1. The number of carbonyl (C=O) groups is 1. The quantitative estimate of drug-likeness (QED) is 0.891. The average molecular weight is 288 g/mol. The number of hydrogen-bond donors (Lipinski definition) is 2. The van der Waals surface area contributed by atoms with Crippen LogP contribution in [0.3, 0.4) is 0 Å². The highest BCUT2D eigenvalue weighted by Crippen LogP contribution is 2.30. The molecule has 2 rings (SSSR count). The Morgan fingerprint density at radius 2 is 2.00 bits per heavy atom. The molecular formula is C13H15F3N2O2. The number of pyridine rings is 1. The summed E-state index contributed by atoms with van der Waals surface area (Å²) in [5.41, 5.74) is -1.33. The van der Waals surface area contributed by atoms with Gasteiger partial charge in [0.05, 0.1) is 0 Å². The van der Waals surface area contributed by atoms with Gasteiger partial charge in [0.15, 0.2) is 0 Å². The zero-order valence-electron chi connectivity index (χ0n) is 10.7. The van der Waals surface area contributed by atoms with Gasteiger partial charge in [-0.05, 0) is 30.9 Å². The number of aromatic carboxylic acids is 1. The van der Waals surface area contributed by atoms with Crippen LogP contribution >= 0.6 is 0 Å². The second-order valence-electron chi connectivity index (χ2n) is 4.93. The van der Waals surface area contributed by atoms with Crippen LogP contribution in [-0.4, -0.2) is 22.6 Å². The molecule has 0 aliphatic heterocycles. The maximum Gasteiger partial charge on any atom is 0.433 e. The van der Waals surface area contributed by atoms with E-state index in [1.807, 2.05) is 0 Å². The van der Waals surface area contributed by atoms with Gasteiger partial charge >= 0.3 is 12.1 Å². The predicted octanol–water partition coefficient (Wildman–Crippen LogP) is 3.40. The molecule has 1 aromatic heterocycles. The normalized spacial score (nSPS) is 16.4. The molecular weight excluding hydrogens is 273 g/mol. The van der Waals surface area contributed by atoms with Gasteiger partial charge in [0.2, 0.25) is 0 Å². The summed E-state index contributed by atoms with van der Waals surface area (Å²) in [4.78, 5) is 14.4. The molecule has 1 aromatic rings. The molecule has 1 saturated carbocycles. The lowest BCUT2D eigenvalue weighted by atomic mass is 10.1. The Labute approximate surface area is 114 Å². The van der Waals surface area contributed by atoms with Crippen molar-refractivity contribution in [3.8, 4) is 0 Å². The summed E-state index contributed by atoms with van der Waals surface area (Å²) in [5, 5.41) is 11.7. The minimum absolute atomic E-state index is 0.209. The summed E-state index contributed by atoms with van der Waals surface area (Å²) >= 11 is 0. The van der Waals surface area contributed by atoms with Crippen LogP contribution in [0, 0.1) is 5.92 Å². The Bertz CT molecular complexity index is 497. The van der Waals surface area contributed by atoms with E-state index in [2.05, 4.69) is 10.3 Å². The molecule has 0 atom stereocenters. The molecule has 2 N–H and O–H groups in total. The first-order chi connectivity index (χ1) is 9.38. The summed E-state index contributed by atoms with van der Waals surface area (Å²) < 4.78 is 37.8. The van der Waals surface area contributed by atoms with Gasteiger partial charge in [-0.3, -0.25) is 0 Å². The van der Waals surface area contributed by atoms with Gasteiger partial charge in [-0.25, -0.2) is 9.78 Å². The standard InChI is InChI=1S/C13H15F3N2O2/c14-13(15,16)10-6-5-9(12(19)20)11(18-10)17-7-8-3-1-2-4-8/h5-6,8H,1-4,7H2,(H,17,18)(H,19,20). The van der Waals surface area contributed by atoms with Crippen LogP contribution in [0.15, 0.2) is 12.1 Å². The number of aromatic nitrogens is 1. The zero-order chi connectivity index (χ0) is 14.8. The van der Waals surface area contributed by atoms with Crippen LogP contribution in [0.2, 0.25) is 0 Å². The van der Waals surface area contributed by atoms with Crippen molar-refractivity contribution in [3.63, 3.8) is 0 Å². The first-order valence-electron chi connectivity index (χ1n) is 6.43. The molecule has 0 bridgehead atoms. The highest BCUT2D eigenvalue weighted by Gasteiger charge is 2.33. The minimum atomic E-state index is -4.58. The van der Waals surface area contributed by atoms with Crippen LogP contribution in [0.4, 0.5) is 19.0 Å². The van der Waals surface area contributed by atoms with E-state index in [-0.39, 0.29) is 11.4 Å². The maximum absolute atomic E-state index is 12.6. The zero-order valence-corrected chi connectivity index (χ0v) is 10.7. The Morgan fingerprint density at radius 3 is 2.55 bits per heavy atom. The van der Waals surface area contributed by atoms with Gasteiger partial charge in [0, 0.05) is 6.54 Å². The fourth-order valence-corrected chi connectivity index (χ4v) is 2.38. The van der Waals surface area contributed by atoms with Crippen molar-refractivity contribution >= 4 is 11.8 Å². The topological polar surface area (TPSA) is 62.2 Å². The highest BCUT2D eigenvalue weighted by atomic mass is 19.4. The molecule has 0 aromatic carbocycles. The van der Waals surface area contributed by atoms with E-state index >= 15 is 0 Å². The fourth-order valence-electron chi connectivity index (χ4n) is 2.38. The van der Waals surface area contributed by atoms with E-state index in [4.69, 9.17) is 5.11 Å². The molecule has 1 fully saturated rings. The summed E-state index contributed by atoms with van der Waals surface area (Å²) in [6, 6.07) is 1.62. The molecule has 110 valence electrons. The molecule has 0 spiro atoms. The molecule has 0 radical (unpaired) electrons. The van der Waals surface area contributed by atoms with Crippen molar-refractivity contribution in [3.05, 3.63) is 23.4 Å². The second-order valence-corrected chi connectivity index (χ2v) is 4.93. The van der Waals surface area contributed by atoms with Crippen molar-refractivity contribution < 1.29 is 23.1 Å². The Kier molecular flexibility index (Phi) is 4.15. The lowest BCUT2D eigenvalue weighted by molar-refractivity contribution is -0.141. The van der Waals surface area contributed by atoms with E-state index in [0.717, 1.165) is 31.7 Å². The number of carboxylic acids is 1. The number of anilines is 1. The van der Waals surface area contributed by atoms with E-state index in [9.17, 15) is 18.0 Å². The van der Waals surface area contributed by atoms with Crippen LogP contribution in [0.1, 0.15) is 41.7 Å². The predicted molar refractivity (Wildman–Crippen MR) is 66.6 cm³/mol. The third-order valence-electron chi connectivity index (χ3n) is 3.45. The highest BCUT2D eigenvalue weighted by molar-refractivity contribution is 5.93. The molecule has 20 heavy (non-hydrogen) atoms. The minimum Gasteiger partial charge on any atom is -0.478 e. The van der Waals surface area contributed by atoms with E-state index in [1.54, 1.807) is 0 Å². The fraction of sp³-hybridized carbons (Fsp3) is 0.538. The number of rotatable bonds is 4. The van der Waals surface area contributed by atoms with E-state index < -0.39 is 17.8 Å². The maximum atomic E-state index is 12.6. The molecule has 1 heterocycles. The number of carboxylic acid groups (broad SMARTS) is 1. The average Bonchev–Trinajstić information content (AvgIpc) is 2.87. The van der Waals surface area contributed by atoms with Gasteiger partial charge in [-0.1, -0.05) is 12.8 Å². The smallest absolute Gasteiger partial charge is 0.433 e. The van der Waals surface area contributed by atoms with Crippen molar-refractivity contribution in [2.45, 2.75) is 31.9 Å². The third-order valence-corrected chi connectivity index (χ3v) is 3.45. The van der Waals surface area contributed by atoms with Crippen LogP contribution < -0.4 is 5.32 Å². The van der Waals surface area contributed by atoms with Crippen LogP contribution in [0.5, 0.6) is 0 Å². The lowest BCUT2D eigenvalue weighted by Gasteiger charge is -2.14. The Morgan fingerprint density at radius 1 is 1.35 bits per heavy atom. The number of alkyl halides is 3. The largest absolute Gasteiger partial charge is 0.478 e. The van der Waals surface area contributed by atoms with Gasteiger partial charge < -0.3 is 10.4 Å². The molecule has 4 nitrogen and oxygen atoms in total. The molecule has 0 saturated heterocycles. The lowest BCUT2D eigenvalue weighted by Crippen LogP contribution is -2.17. The van der Waals surface area contributed by atoms with E-state index in [0.29, 0.717) is 18.5 Å². The Hall–Kier alpha value is -1.79. The van der Waals surface area contributed by atoms with Crippen molar-refractivity contribution in [2.24, 2.45) is 5.92 Å². The van der Waals surface area contributed by atoms with Crippen LogP contribution in [0.25, 0.3) is 0 Å². The van der Waals surface area contributed by atoms with E-state index in [1.165, 1.54) is 0 Å². The molecule has 7 heteroatoms. The second kappa shape index (κ2) is 5.68. The van der Waals surface area contributed by atoms with Gasteiger partial charge in [0.1, 0.15) is 17.1 Å². The van der Waals surface area contributed by atoms with Crippen molar-refractivity contribution in [2.75, 3.05) is 11.9 Å². The summed E-state index contributed by atoms with van der Waals surface area (Å²) in [5.74, 6) is -1.13. The molecule has 1 aliphatic rings. The summed E-state index contributed by atoms with van der Waals surface area (Å²) in [7, 11) is 0. The third kappa shape index (κ3) is 3.40. The number of nitrogens with one attached hydrogen (secondary N) is 1. The summed E-state index contributed by atoms with van der Waals surface area (Å²) in [6.07, 6.45) is -0.355. The summed E-state index contributed by atoms with van der Waals surface area (Å²) in [6.45, 7) is 0.453. The van der Waals surface area contributed by atoms with Crippen molar-refractivity contribution in [1.29, 1.82) is 0 Å². The number of nitrogens with zero attached hydrogens (tertiary/aromatic N) is 1. The first-order valence-corrected chi connectivity index (χ1v) is 6.43. The molecule has 0 unspecified atom stereocenters. The first kappa shape index (κ1) is 14.6. The van der Waals surface area contributed by atoms with Gasteiger partial charge in [0.25, 0.3) is 0 Å². The molecule has 1 aliphatic carbocycles. The Balaban J connectivity index is 2.20. The monoisotopic (exact) mass is 288 g/mol. The molecule has 0 amide bonds.